The van der Waals surface area contributed by atoms with Gasteiger partial charge in [-0.1, -0.05) is 0 Å². The first-order valence-corrected chi connectivity index (χ1v) is 4.43. The van der Waals surface area contributed by atoms with Gasteiger partial charge in [0.15, 0.2) is 11.5 Å². The molecule has 0 bridgehead atoms. The predicted molar refractivity (Wildman–Crippen MR) is 54.1 cm³/mol. The second-order valence-electron chi connectivity index (χ2n) is 2.98. The number of rotatable bonds is 4. The Bertz CT molecular complexity index is 318. The van der Waals surface area contributed by atoms with Gasteiger partial charge in [-0.15, -0.1) is 0 Å². The van der Waals surface area contributed by atoms with Crippen molar-refractivity contribution in [3.8, 4) is 17.2 Å². The number of halogens is 1. The highest BCUT2D eigenvalue weighted by Crippen LogP contribution is 2.39. The van der Waals surface area contributed by atoms with Crippen molar-refractivity contribution in [2.45, 2.75) is 6.17 Å². The average Bonchev–Trinajstić information content (AvgIpc) is 2.28. The Morgan fingerprint density at radius 2 is 1.80 bits per heavy atom. The number of hydrogen-bond acceptors (Lipinski definition) is 4. The molecule has 5 heteroatoms. The molecule has 0 aliphatic heterocycles. The van der Waals surface area contributed by atoms with E-state index in [0.717, 1.165) is 0 Å². The van der Waals surface area contributed by atoms with Gasteiger partial charge in [-0.2, -0.15) is 0 Å². The molecule has 0 heterocycles. The van der Waals surface area contributed by atoms with E-state index in [1.807, 2.05) is 0 Å². The number of benzene rings is 1. The molecule has 1 unspecified atom stereocenters. The van der Waals surface area contributed by atoms with E-state index < -0.39 is 6.17 Å². The maximum atomic E-state index is 13.3. The van der Waals surface area contributed by atoms with Crippen molar-refractivity contribution in [2.75, 3.05) is 20.8 Å². The SMILES string of the molecule is COc1cc(C(F)CN)cc(OC)c1O. The van der Waals surface area contributed by atoms with E-state index in [2.05, 4.69) is 0 Å². The van der Waals surface area contributed by atoms with Crippen LogP contribution in [0, 0.1) is 0 Å². The number of nitrogens with two attached hydrogens (primary N) is 1. The molecule has 0 spiro atoms. The first-order valence-electron chi connectivity index (χ1n) is 4.43. The van der Waals surface area contributed by atoms with Crippen molar-refractivity contribution in [1.82, 2.24) is 0 Å². The molecule has 3 N–H and O–H groups in total. The number of alkyl halides is 1. The maximum Gasteiger partial charge on any atom is 0.200 e. The van der Waals surface area contributed by atoms with E-state index in [1.165, 1.54) is 26.4 Å². The molecule has 0 saturated carbocycles. The van der Waals surface area contributed by atoms with Gasteiger partial charge >= 0.3 is 0 Å². The van der Waals surface area contributed by atoms with Crippen molar-refractivity contribution in [3.05, 3.63) is 17.7 Å². The minimum atomic E-state index is -1.30. The lowest BCUT2D eigenvalue weighted by Gasteiger charge is -2.12. The van der Waals surface area contributed by atoms with Crippen molar-refractivity contribution in [3.63, 3.8) is 0 Å². The summed E-state index contributed by atoms with van der Waals surface area (Å²) in [6, 6.07) is 2.80. The van der Waals surface area contributed by atoms with Crippen LogP contribution in [0.2, 0.25) is 0 Å². The zero-order valence-corrected chi connectivity index (χ0v) is 8.66. The molecule has 4 nitrogen and oxygen atoms in total. The summed E-state index contributed by atoms with van der Waals surface area (Å²) in [6.45, 7) is -0.128. The number of aromatic hydroxyl groups is 1. The first-order chi connectivity index (χ1) is 7.13. The lowest BCUT2D eigenvalue weighted by molar-refractivity contribution is 0.326. The summed E-state index contributed by atoms with van der Waals surface area (Å²) in [5.74, 6) is 0.189. The van der Waals surface area contributed by atoms with Crippen LogP contribution in [0.4, 0.5) is 4.39 Å². The summed E-state index contributed by atoms with van der Waals surface area (Å²) in [5.41, 5.74) is 5.53. The maximum absolute atomic E-state index is 13.3. The summed E-state index contributed by atoms with van der Waals surface area (Å²) in [5, 5.41) is 9.56. The van der Waals surface area contributed by atoms with E-state index in [9.17, 15) is 9.50 Å². The van der Waals surface area contributed by atoms with Crippen molar-refractivity contribution < 1.29 is 19.0 Å². The summed E-state index contributed by atoms with van der Waals surface area (Å²) < 4.78 is 23.1. The molecule has 0 fully saturated rings. The molecule has 0 amide bonds. The van der Waals surface area contributed by atoms with Gasteiger partial charge < -0.3 is 20.3 Å². The number of ether oxygens (including phenoxy) is 2. The molecular weight excluding hydrogens is 201 g/mol. The number of methoxy groups -OCH3 is 2. The van der Waals surface area contributed by atoms with Gasteiger partial charge in [0.25, 0.3) is 0 Å². The molecule has 0 aliphatic rings. The van der Waals surface area contributed by atoms with Gasteiger partial charge in [-0.25, -0.2) is 4.39 Å². The number of phenols is 1. The average molecular weight is 215 g/mol. The molecular formula is C10H14FNO3. The second-order valence-corrected chi connectivity index (χ2v) is 2.98. The van der Waals surface area contributed by atoms with Crippen LogP contribution in [-0.2, 0) is 0 Å². The summed E-state index contributed by atoms with van der Waals surface area (Å²) in [6.07, 6.45) is -1.30. The second kappa shape index (κ2) is 4.84. The third kappa shape index (κ3) is 2.30. The fraction of sp³-hybridized carbons (Fsp3) is 0.400. The van der Waals surface area contributed by atoms with Gasteiger partial charge in [0.2, 0.25) is 5.75 Å². The van der Waals surface area contributed by atoms with Gasteiger partial charge in [0, 0.05) is 6.54 Å². The van der Waals surface area contributed by atoms with Crippen LogP contribution in [0.15, 0.2) is 12.1 Å². The fourth-order valence-corrected chi connectivity index (χ4v) is 1.23. The standard InChI is InChI=1S/C10H14FNO3/c1-14-8-3-6(7(11)5-12)4-9(15-2)10(8)13/h3-4,7,13H,5,12H2,1-2H3. The molecule has 0 aliphatic carbocycles. The number of hydrogen-bond donors (Lipinski definition) is 2. The molecule has 1 atom stereocenters. The van der Waals surface area contributed by atoms with E-state index in [4.69, 9.17) is 15.2 Å². The molecule has 15 heavy (non-hydrogen) atoms. The Morgan fingerprint density at radius 1 is 1.33 bits per heavy atom. The summed E-state index contributed by atoms with van der Waals surface area (Å²) >= 11 is 0. The van der Waals surface area contributed by atoms with Crippen LogP contribution in [0.25, 0.3) is 0 Å². The van der Waals surface area contributed by atoms with Crippen LogP contribution in [-0.4, -0.2) is 25.9 Å². The normalized spacial score (nSPS) is 12.3. The zero-order chi connectivity index (χ0) is 11.4. The largest absolute Gasteiger partial charge is 0.502 e. The number of phenolic OH excluding ortho intramolecular Hbond substituents is 1. The fourth-order valence-electron chi connectivity index (χ4n) is 1.23. The first kappa shape index (κ1) is 11.6. The van der Waals surface area contributed by atoms with Gasteiger partial charge in [-0.05, 0) is 17.7 Å². The van der Waals surface area contributed by atoms with Gasteiger partial charge in [0.1, 0.15) is 6.17 Å². The molecule has 1 aromatic carbocycles. The van der Waals surface area contributed by atoms with Crippen LogP contribution in [0.5, 0.6) is 17.2 Å². The van der Waals surface area contributed by atoms with Gasteiger partial charge in [-0.3, -0.25) is 0 Å². The van der Waals surface area contributed by atoms with E-state index in [-0.39, 0.29) is 23.8 Å². The lowest BCUT2D eigenvalue weighted by atomic mass is 10.1. The highest BCUT2D eigenvalue weighted by molar-refractivity contribution is 5.53. The minimum absolute atomic E-state index is 0.128. The van der Waals surface area contributed by atoms with E-state index in [1.54, 1.807) is 0 Å². The smallest absolute Gasteiger partial charge is 0.200 e. The molecule has 0 radical (unpaired) electrons. The Balaban J connectivity index is 3.20. The third-order valence-electron chi connectivity index (χ3n) is 2.07. The van der Waals surface area contributed by atoms with E-state index in [0.29, 0.717) is 5.56 Å². The lowest BCUT2D eigenvalue weighted by Crippen LogP contribution is -2.08. The summed E-state index contributed by atoms with van der Waals surface area (Å²) in [4.78, 5) is 0. The minimum Gasteiger partial charge on any atom is -0.502 e. The van der Waals surface area contributed by atoms with Crippen LogP contribution < -0.4 is 15.2 Å². The topological polar surface area (TPSA) is 64.7 Å². The Kier molecular flexibility index (Phi) is 3.74. The van der Waals surface area contributed by atoms with E-state index >= 15 is 0 Å². The quantitative estimate of drug-likeness (QED) is 0.796. The van der Waals surface area contributed by atoms with Crippen LogP contribution in [0.3, 0.4) is 0 Å². The molecule has 0 saturated heterocycles. The monoisotopic (exact) mass is 215 g/mol. The van der Waals surface area contributed by atoms with Crippen molar-refractivity contribution >= 4 is 0 Å². The van der Waals surface area contributed by atoms with Crippen LogP contribution >= 0.6 is 0 Å². The molecule has 1 aromatic rings. The Morgan fingerprint density at radius 3 is 2.13 bits per heavy atom. The zero-order valence-electron chi connectivity index (χ0n) is 8.66. The molecule has 0 aromatic heterocycles. The van der Waals surface area contributed by atoms with Gasteiger partial charge in [0.05, 0.1) is 14.2 Å². The Hall–Kier alpha value is -1.49. The highest BCUT2D eigenvalue weighted by Gasteiger charge is 2.15. The Labute approximate surface area is 87.4 Å². The highest BCUT2D eigenvalue weighted by atomic mass is 19.1. The third-order valence-corrected chi connectivity index (χ3v) is 2.07. The molecule has 1 rings (SSSR count). The predicted octanol–water partition coefficient (Wildman–Crippen LogP) is 1.38. The van der Waals surface area contributed by atoms with Crippen molar-refractivity contribution in [1.29, 1.82) is 0 Å². The summed E-state index contributed by atoms with van der Waals surface area (Å²) in [7, 11) is 2.77. The van der Waals surface area contributed by atoms with Crippen molar-refractivity contribution in [2.24, 2.45) is 5.73 Å². The molecule has 84 valence electrons. The van der Waals surface area contributed by atoms with Crippen LogP contribution in [0.1, 0.15) is 11.7 Å².